The first-order chi connectivity index (χ1) is 9.09. The summed E-state index contributed by atoms with van der Waals surface area (Å²) in [5.74, 6) is -0.559. The molecule has 3 nitrogen and oxygen atoms in total. The molecule has 0 aliphatic rings. The standard InChI is InChI=1S/C15H16FNO2/c1-10(12-6-2-3-7-13(12)16)17-9-11-5-4-8-14(18)15(11)19/h2-8,10,17-19H,9H2,1H3. The topological polar surface area (TPSA) is 52.5 Å². The zero-order chi connectivity index (χ0) is 13.8. The quantitative estimate of drug-likeness (QED) is 0.741. The van der Waals surface area contributed by atoms with E-state index in [2.05, 4.69) is 5.32 Å². The molecule has 0 fully saturated rings. The van der Waals surface area contributed by atoms with Crippen molar-refractivity contribution < 1.29 is 14.6 Å². The van der Waals surface area contributed by atoms with Crippen molar-refractivity contribution in [3.8, 4) is 11.5 Å². The van der Waals surface area contributed by atoms with Crippen molar-refractivity contribution in [1.29, 1.82) is 0 Å². The van der Waals surface area contributed by atoms with Crippen molar-refractivity contribution in [2.45, 2.75) is 19.5 Å². The number of phenols is 2. The molecule has 1 atom stereocenters. The Bertz CT molecular complexity index is 572. The van der Waals surface area contributed by atoms with Gasteiger partial charge < -0.3 is 15.5 Å². The van der Waals surface area contributed by atoms with Gasteiger partial charge in [0.15, 0.2) is 11.5 Å². The maximum Gasteiger partial charge on any atom is 0.161 e. The van der Waals surface area contributed by atoms with E-state index in [1.165, 1.54) is 12.1 Å². The van der Waals surface area contributed by atoms with Crippen LogP contribution < -0.4 is 5.32 Å². The van der Waals surface area contributed by atoms with Crippen LogP contribution in [-0.2, 0) is 6.54 Å². The van der Waals surface area contributed by atoms with Crippen molar-refractivity contribution in [2.24, 2.45) is 0 Å². The van der Waals surface area contributed by atoms with Crippen LogP contribution in [0.25, 0.3) is 0 Å². The lowest BCUT2D eigenvalue weighted by Crippen LogP contribution is -2.19. The molecule has 2 aromatic rings. The van der Waals surface area contributed by atoms with Gasteiger partial charge in [-0.15, -0.1) is 0 Å². The molecule has 0 radical (unpaired) electrons. The summed E-state index contributed by atoms with van der Waals surface area (Å²) in [7, 11) is 0. The lowest BCUT2D eigenvalue weighted by Gasteiger charge is -2.15. The summed E-state index contributed by atoms with van der Waals surface area (Å²) in [4.78, 5) is 0. The third-order valence-electron chi connectivity index (χ3n) is 3.07. The predicted octanol–water partition coefficient (Wildman–Crippen LogP) is 3.09. The second kappa shape index (κ2) is 5.71. The average Bonchev–Trinajstić information content (AvgIpc) is 2.40. The lowest BCUT2D eigenvalue weighted by atomic mass is 10.1. The minimum Gasteiger partial charge on any atom is -0.504 e. The van der Waals surface area contributed by atoms with Crippen LogP contribution in [0.3, 0.4) is 0 Å². The number of nitrogens with one attached hydrogen (secondary N) is 1. The molecule has 3 N–H and O–H groups in total. The van der Waals surface area contributed by atoms with Gasteiger partial charge in [0.2, 0.25) is 0 Å². The summed E-state index contributed by atoms with van der Waals surface area (Å²) in [5, 5.41) is 22.2. The van der Waals surface area contributed by atoms with E-state index >= 15 is 0 Å². The zero-order valence-corrected chi connectivity index (χ0v) is 10.6. The van der Waals surface area contributed by atoms with Gasteiger partial charge in [-0.3, -0.25) is 0 Å². The van der Waals surface area contributed by atoms with Gasteiger partial charge in [0.25, 0.3) is 0 Å². The molecule has 0 saturated heterocycles. The first-order valence-electron chi connectivity index (χ1n) is 6.07. The second-order valence-corrected chi connectivity index (χ2v) is 4.41. The molecule has 0 aliphatic heterocycles. The molecule has 2 rings (SSSR count). The molecule has 0 aliphatic carbocycles. The Labute approximate surface area is 111 Å². The second-order valence-electron chi connectivity index (χ2n) is 4.41. The van der Waals surface area contributed by atoms with Crippen LogP contribution in [0.2, 0.25) is 0 Å². The van der Waals surface area contributed by atoms with E-state index in [0.29, 0.717) is 17.7 Å². The van der Waals surface area contributed by atoms with Gasteiger partial charge in [-0.05, 0) is 19.1 Å². The lowest BCUT2D eigenvalue weighted by molar-refractivity contribution is 0.396. The van der Waals surface area contributed by atoms with Gasteiger partial charge >= 0.3 is 0 Å². The highest BCUT2D eigenvalue weighted by Gasteiger charge is 2.11. The number of hydrogen-bond donors (Lipinski definition) is 3. The fraction of sp³-hybridized carbons (Fsp3) is 0.200. The van der Waals surface area contributed by atoms with Gasteiger partial charge in [-0.25, -0.2) is 4.39 Å². The Hall–Kier alpha value is -2.07. The third-order valence-corrected chi connectivity index (χ3v) is 3.07. The highest BCUT2D eigenvalue weighted by Crippen LogP contribution is 2.28. The molecule has 0 heterocycles. The molecule has 2 aromatic carbocycles. The third kappa shape index (κ3) is 3.03. The summed E-state index contributed by atoms with van der Waals surface area (Å²) in [5.41, 5.74) is 1.14. The van der Waals surface area contributed by atoms with Crippen LogP contribution in [0.15, 0.2) is 42.5 Å². The normalized spacial score (nSPS) is 12.3. The van der Waals surface area contributed by atoms with Gasteiger partial charge in [0.05, 0.1) is 0 Å². The van der Waals surface area contributed by atoms with Crippen molar-refractivity contribution in [3.05, 3.63) is 59.4 Å². The molecule has 0 saturated carbocycles. The molecule has 100 valence electrons. The molecule has 0 amide bonds. The molecule has 4 heteroatoms. The van der Waals surface area contributed by atoms with Crippen LogP contribution >= 0.6 is 0 Å². The predicted molar refractivity (Wildman–Crippen MR) is 71.4 cm³/mol. The Kier molecular flexibility index (Phi) is 4.02. The molecule has 0 spiro atoms. The van der Waals surface area contributed by atoms with Gasteiger partial charge in [-0.1, -0.05) is 30.3 Å². The van der Waals surface area contributed by atoms with Crippen molar-refractivity contribution in [2.75, 3.05) is 0 Å². The van der Waals surface area contributed by atoms with Crippen LogP contribution in [0.1, 0.15) is 24.1 Å². The number of aromatic hydroxyl groups is 2. The SMILES string of the molecule is CC(NCc1cccc(O)c1O)c1ccccc1F. The van der Waals surface area contributed by atoms with Crippen LogP contribution in [-0.4, -0.2) is 10.2 Å². The van der Waals surface area contributed by atoms with Crippen molar-refractivity contribution in [1.82, 2.24) is 5.32 Å². The molecule has 0 bridgehead atoms. The van der Waals surface area contributed by atoms with E-state index < -0.39 is 0 Å². The number of hydrogen-bond acceptors (Lipinski definition) is 3. The molecular formula is C15H16FNO2. The summed E-state index contributed by atoms with van der Waals surface area (Å²) in [6, 6.07) is 11.1. The number of halogens is 1. The Balaban J connectivity index is 2.07. The summed E-state index contributed by atoms with van der Waals surface area (Å²) >= 11 is 0. The minimum absolute atomic E-state index is 0.143. The maximum atomic E-state index is 13.6. The first kappa shape index (κ1) is 13.4. The fourth-order valence-electron chi connectivity index (χ4n) is 1.92. The molecular weight excluding hydrogens is 245 g/mol. The maximum absolute atomic E-state index is 13.6. The Morgan fingerprint density at radius 3 is 2.58 bits per heavy atom. The van der Waals surface area contributed by atoms with E-state index in [9.17, 15) is 14.6 Å². The first-order valence-corrected chi connectivity index (χ1v) is 6.07. The van der Waals surface area contributed by atoms with Gasteiger partial charge in [0.1, 0.15) is 5.82 Å². The van der Waals surface area contributed by atoms with E-state index in [4.69, 9.17) is 0 Å². The van der Waals surface area contributed by atoms with Crippen LogP contribution in [0, 0.1) is 5.82 Å². The monoisotopic (exact) mass is 261 g/mol. The number of rotatable bonds is 4. The molecule has 1 unspecified atom stereocenters. The number of benzene rings is 2. The van der Waals surface area contributed by atoms with Crippen LogP contribution in [0.5, 0.6) is 11.5 Å². The van der Waals surface area contributed by atoms with Gasteiger partial charge in [0, 0.05) is 23.7 Å². The molecule has 19 heavy (non-hydrogen) atoms. The van der Waals surface area contributed by atoms with Crippen molar-refractivity contribution in [3.63, 3.8) is 0 Å². The Morgan fingerprint density at radius 2 is 1.84 bits per heavy atom. The van der Waals surface area contributed by atoms with E-state index in [0.717, 1.165) is 0 Å². The number of para-hydroxylation sites is 1. The fourth-order valence-corrected chi connectivity index (χ4v) is 1.92. The Morgan fingerprint density at radius 1 is 1.11 bits per heavy atom. The van der Waals surface area contributed by atoms with E-state index in [1.54, 1.807) is 30.3 Å². The summed E-state index contributed by atoms with van der Waals surface area (Å²) in [6.45, 7) is 2.19. The minimum atomic E-state index is -0.261. The van der Waals surface area contributed by atoms with Gasteiger partial charge in [-0.2, -0.15) is 0 Å². The number of phenolic OH excluding ortho intramolecular Hbond substituents is 2. The van der Waals surface area contributed by atoms with Crippen LogP contribution in [0.4, 0.5) is 4.39 Å². The molecule has 0 aromatic heterocycles. The smallest absolute Gasteiger partial charge is 0.161 e. The highest BCUT2D eigenvalue weighted by molar-refractivity contribution is 5.44. The highest BCUT2D eigenvalue weighted by atomic mass is 19.1. The van der Waals surface area contributed by atoms with E-state index in [1.807, 2.05) is 6.92 Å². The zero-order valence-electron chi connectivity index (χ0n) is 10.6. The van der Waals surface area contributed by atoms with Crippen molar-refractivity contribution >= 4 is 0 Å². The summed E-state index contributed by atoms with van der Waals surface area (Å²) < 4.78 is 13.6. The average molecular weight is 261 g/mol. The summed E-state index contributed by atoms with van der Waals surface area (Å²) in [6.07, 6.45) is 0. The largest absolute Gasteiger partial charge is 0.504 e. The van der Waals surface area contributed by atoms with E-state index in [-0.39, 0.29) is 23.4 Å².